The quantitative estimate of drug-likeness (QED) is 0.752. The van der Waals surface area contributed by atoms with Crippen LogP contribution in [0.25, 0.3) is 22.6 Å². The summed E-state index contributed by atoms with van der Waals surface area (Å²) in [6, 6.07) is 11.5. The van der Waals surface area contributed by atoms with Gasteiger partial charge in [0.05, 0.1) is 4.90 Å². The molecule has 0 saturated carbocycles. The number of rotatable bonds is 4. The fraction of sp³-hybridized carbons (Fsp3) is 0.0625. The van der Waals surface area contributed by atoms with Gasteiger partial charge in [0.2, 0.25) is 15.9 Å². The summed E-state index contributed by atoms with van der Waals surface area (Å²) in [5.41, 5.74) is 1.01. The van der Waals surface area contributed by atoms with Crippen molar-refractivity contribution in [3.63, 3.8) is 0 Å². The van der Waals surface area contributed by atoms with Crippen LogP contribution < -0.4 is 5.14 Å². The highest BCUT2D eigenvalue weighted by molar-refractivity contribution is 7.89. The number of nitrogens with two attached hydrogens (primary N) is 1. The predicted molar refractivity (Wildman–Crippen MR) is 84.6 cm³/mol. The topological polar surface area (TPSA) is 106 Å². The number of nitrogens with zero attached hydrogens (tertiary/aromatic N) is 1. The zero-order chi connectivity index (χ0) is 17.3. The zero-order valence-corrected chi connectivity index (χ0v) is 13.1. The normalized spacial score (nSPS) is 11.6. The van der Waals surface area contributed by atoms with Crippen LogP contribution in [0, 0.1) is 5.82 Å². The summed E-state index contributed by atoms with van der Waals surface area (Å²) in [7, 11) is -4.00. The third-order valence-electron chi connectivity index (χ3n) is 3.36. The summed E-state index contributed by atoms with van der Waals surface area (Å²) in [4.78, 5) is 4.02. The molecule has 0 saturated heterocycles. The smallest absolute Gasteiger partial charge is 0.238 e. The van der Waals surface area contributed by atoms with Crippen LogP contribution in [0.5, 0.6) is 0 Å². The van der Waals surface area contributed by atoms with Crippen molar-refractivity contribution in [2.24, 2.45) is 5.14 Å². The average molecular weight is 348 g/mol. The molecule has 0 radical (unpaired) electrons. The lowest BCUT2D eigenvalue weighted by Crippen LogP contribution is -2.13. The van der Waals surface area contributed by atoms with Gasteiger partial charge in [0.1, 0.15) is 18.1 Å². The van der Waals surface area contributed by atoms with Gasteiger partial charge in [0, 0.05) is 11.1 Å². The van der Waals surface area contributed by atoms with Crippen molar-refractivity contribution in [2.45, 2.75) is 11.5 Å². The Kier molecular flexibility index (Phi) is 4.18. The number of oxazole rings is 1. The van der Waals surface area contributed by atoms with Gasteiger partial charge in [-0.05, 0) is 36.4 Å². The van der Waals surface area contributed by atoms with Crippen molar-refractivity contribution in [3.05, 3.63) is 60.2 Å². The standard InChI is InChI=1S/C16H13FN2O4S/c17-11-7-5-10(6-8-11)15-16(23-14(9-20)19-15)12-3-1-2-4-13(12)24(18,21)22/h1-8,20H,9H2,(H2,18,21,22). The molecule has 0 amide bonds. The Morgan fingerprint density at radius 2 is 1.79 bits per heavy atom. The monoisotopic (exact) mass is 348 g/mol. The van der Waals surface area contributed by atoms with Crippen LogP contribution in [0.4, 0.5) is 4.39 Å². The molecule has 0 fully saturated rings. The number of primary sulfonamides is 1. The molecular formula is C16H13FN2O4S. The lowest BCUT2D eigenvalue weighted by molar-refractivity contribution is 0.241. The maximum absolute atomic E-state index is 13.1. The van der Waals surface area contributed by atoms with E-state index in [1.165, 1.54) is 42.5 Å². The summed E-state index contributed by atoms with van der Waals surface area (Å²) in [6.07, 6.45) is 0. The van der Waals surface area contributed by atoms with Gasteiger partial charge in [-0.3, -0.25) is 0 Å². The van der Waals surface area contributed by atoms with E-state index in [0.29, 0.717) is 5.56 Å². The number of aliphatic hydroxyl groups is 1. The van der Waals surface area contributed by atoms with Gasteiger partial charge < -0.3 is 9.52 Å². The first-order chi connectivity index (χ1) is 11.4. The molecule has 24 heavy (non-hydrogen) atoms. The third kappa shape index (κ3) is 3.07. The van der Waals surface area contributed by atoms with E-state index < -0.39 is 22.4 Å². The summed E-state index contributed by atoms with van der Waals surface area (Å²) >= 11 is 0. The Balaban J connectivity index is 2.26. The van der Waals surface area contributed by atoms with Crippen LogP contribution in [0.15, 0.2) is 57.8 Å². The van der Waals surface area contributed by atoms with Crippen molar-refractivity contribution < 1.29 is 22.3 Å². The van der Waals surface area contributed by atoms with Gasteiger partial charge >= 0.3 is 0 Å². The van der Waals surface area contributed by atoms with Gasteiger partial charge in [-0.25, -0.2) is 22.9 Å². The van der Waals surface area contributed by atoms with Crippen molar-refractivity contribution >= 4 is 10.0 Å². The molecule has 0 aliphatic rings. The molecule has 3 rings (SSSR count). The molecule has 0 aliphatic heterocycles. The first-order valence-corrected chi connectivity index (χ1v) is 8.43. The Hall–Kier alpha value is -2.55. The fourth-order valence-electron chi connectivity index (χ4n) is 2.32. The molecule has 0 bridgehead atoms. The molecular weight excluding hydrogens is 335 g/mol. The predicted octanol–water partition coefficient (Wildman–Crippen LogP) is 2.29. The molecule has 0 spiro atoms. The van der Waals surface area contributed by atoms with E-state index in [0.717, 1.165) is 0 Å². The van der Waals surface area contributed by atoms with Crippen LogP contribution in [-0.2, 0) is 16.6 Å². The minimum atomic E-state index is -4.00. The van der Waals surface area contributed by atoms with E-state index in [2.05, 4.69) is 4.98 Å². The van der Waals surface area contributed by atoms with Crippen molar-refractivity contribution in [2.75, 3.05) is 0 Å². The Bertz CT molecular complexity index is 982. The maximum Gasteiger partial charge on any atom is 0.238 e. The highest BCUT2D eigenvalue weighted by Crippen LogP contribution is 2.35. The Morgan fingerprint density at radius 3 is 2.42 bits per heavy atom. The summed E-state index contributed by atoms with van der Waals surface area (Å²) in [6.45, 7) is -0.467. The molecule has 124 valence electrons. The minimum Gasteiger partial charge on any atom is -0.437 e. The highest BCUT2D eigenvalue weighted by Gasteiger charge is 2.22. The number of hydrogen-bond acceptors (Lipinski definition) is 5. The Morgan fingerprint density at radius 1 is 1.12 bits per heavy atom. The summed E-state index contributed by atoms with van der Waals surface area (Å²) in [5.74, 6) is -0.278. The SMILES string of the molecule is NS(=O)(=O)c1ccccc1-c1oc(CO)nc1-c1ccc(F)cc1. The maximum atomic E-state index is 13.1. The lowest BCUT2D eigenvalue weighted by atomic mass is 10.1. The molecule has 3 N–H and O–H groups in total. The van der Waals surface area contributed by atoms with Crippen LogP contribution in [-0.4, -0.2) is 18.5 Å². The number of hydrogen-bond donors (Lipinski definition) is 2. The largest absolute Gasteiger partial charge is 0.437 e. The molecule has 2 aromatic carbocycles. The number of benzene rings is 2. The number of halogens is 1. The second kappa shape index (κ2) is 6.16. The van der Waals surface area contributed by atoms with E-state index >= 15 is 0 Å². The van der Waals surface area contributed by atoms with Gasteiger partial charge in [0.25, 0.3) is 0 Å². The van der Waals surface area contributed by atoms with Crippen LogP contribution >= 0.6 is 0 Å². The first-order valence-electron chi connectivity index (χ1n) is 6.89. The first kappa shape index (κ1) is 16.3. The highest BCUT2D eigenvalue weighted by atomic mass is 32.2. The number of aliphatic hydroxyl groups excluding tert-OH is 1. The van der Waals surface area contributed by atoms with Crippen molar-refractivity contribution in [1.29, 1.82) is 0 Å². The van der Waals surface area contributed by atoms with Gasteiger partial charge in [-0.15, -0.1) is 0 Å². The van der Waals surface area contributed by atoms with Crippen molar-refractivity contribution in [1.82, 2.24) is 4.98 Å². The van der Waals surface area contributed by atoms with E-state index in [-0.39, 0.29) is 27.8 Å². The second-order valence-corrected chi connectivity index (χ2v) is 6.52. The molecule has 0 atom stereocenters. The molecule has 3 aromatic rings. The molecule has 1 heterocycles. The van der Waals surface area contributed by atoms with E-state index in [9.17, 15) is 17.9 Å². The number of aromatic nitrogens is 1. The molecule has 6 nitrogen and oxygen atoms in total. The Labute approximate surface area is 137 Å². The minimum absolute atomic E-state index is 0.00791. The molecule has 1 aromatic heterocycles. The summed E-state index contributed by atoms with van der Waals surface area (Å²) < 4.78 is 42.3. The van der Waals surface area contributed by atoms with Gasteiger partial charge in [0.15, 0.2) is 5.76 Å². The van der Waals surface area contributed by atoms with Crippen LogP contribution in [0.2, 0.25) is 0 Å². The number of sulfonamides is 1. The molecule has 0 unspecified atom stereocenters. The molecule has 8 heteroatoms. The van der Waals surface area contributed by atoms with E-state index in [1.807, 2.05) is 0 Å². The lowest BCUT2D eigenvalue weighted by Gasteiger charge is -2.06. The van der Waals surface area contributed by atoms with E-state index in [4.69, 9.17) is 9.56 Å². The average Bonchev–Trinajstić information content (AvgIpc) is 2.99. The zero-order valence-electron chi connectivity index (χ0n) is 12.3. The third-order valence-corrected chi connectivity index (χ3v) is 4.33. The van der Waals surface area contributed by atoms with Gasteiger partial charge in [-0.2, -0.15) is 0 Å². The van der Waals surface area contributed by atoms with Crippen molar-refractivity contribution in [3.8, 4) is 22.6 Å². The second-order valence-electron chi connectivity index (χ2n) is 4.99. The van der Waals surface area contributed by atoms with Gasteiger partial charge in [-0.1, -0.05) is 12.1 Å². The van der Waals surface area contributed by atoms with E-state index in [1.54, 1.807) is 6.07 Å². The fourth-order valence-corrected chi connectivity index (χ4v) is 3.06. The summed E-state index contributed by atoms with van der Waals surface area (Å²) in [5, 5.41) is 14.5. The van der Waals surface area contributed by atoms with Crippen LogP contribution in [0.3, 0.4) is 0 Å². The molecule has 0 aliphatic carbocycles. The van der Waals surface area contributed by atoms with Crippen LogP contribution in [0.1, 0.15) is 5.89 Å².